The van der Waals surface area contributed by atoms with E-state index in [1.165, 1.54) is 12.1 Å². The molecular formula is C22H25FN4O. The Morgan fingerprint density at radius 1 is 1.14 bits per heavy atom. The average molecular weight is 380 g/mol. The maximum absolute atomic E-state index is 13.3. The summed E-state index contributed by atoms with van der Waals surface area (Å²) in [6.45, 7) is 2.61. The number of aryl methyl sites for hydroxylation is 2. The first kappa shape index (κ1) is 19.7. The highest BCUT2D eigenvalue weighted by Crippen LogP contribution is 2.19. The molecule has 2 heterocycles. The maximum atomic E-state index is 13.3. The molecule has 0 unspecified atom stereocenters. The molecule has 5 nitrogen and oxygen atoms in total. The van der Waals surface area contributed by atoms with Crippen molar-refractivity contribution in [1.29, 1.82) is 0 Å². The van der Waals surface area contributed by atoms with Crippen molar-refractivity contribution in [3.05, 3.63) is 71.4 Å². The molecule has 2 aromatic heterocycles. The number of pyridine rings is 1. The van der Waals surface area contributed by atoms with Crippen LogP contribution in [0.4, 0.5) is 4.39 Å². The van der Waals surface area contributed by atoms with Gasteiger partial charge in [0, 0.05) is 36.7 Å². The van der Waals surface area contributed by atoms with Gasteiger partial charge in [-0.2, -0.15) is 5.10 Å². The standard InChI is InChI=1S/C22H25FN4O/c1-16-10-11-18(15-24-16)22(28)27(2)12-5-3-4-9-20-14-21(26-25-20)17-7-6-8-19(23)13-17/h6-8,10-11,13-15H,3-5,9,12H2,1-2H3,(H,25,26). The van der Waals surface area contributed by atoms with Crippen molar-refractivity contribution in [2.24, 2.45) is 0 Å². The van der Waals surface area contributed by atoms with Crippen LogP contribution in [0.15, 0.2) is 48.7 Å². The van der Waals surface area contributed by atoms with Gasteiger partial charge in [0.1, 0.15) is 5.82 Å². The summed E-state index contributed by atoms with van der Waals surface area (Å²) in [7, 11) is 1.82. The number of nitrogens with one attached hydrogen (secondary N) is 1. The second-order valence-corrected chi connectivity index (χ2v) is 7.01. The molecule has 1 aromatic carbocycles. The molecule has 28 heavy (non-hydrogen) atoms. The van der Waals surface area contributed by atoms with E-state index in [0.717, 1.165) is 48.3 Å². The Balaban J connectivity index is 1.40. The van der Waals surface area contributed by atoms with Gasteiger partial charge in [-0.25, -0.2) is 4.39 Å². The van der Waals surface area contributed by atoms with Gasteiger partial charge in [-0.1, -0.05) is 18.6 Å². The van der Waals surface area contributed by atoms with Crippen LogP contribution in [0, 0.1) is 12.7 Å². The summed E-state index contributed by atoms with van der Waals surface area (Å²) in [6.07, 6.45) is 5.45. The van der Waals surface area contributed by atoms with E-state index in [2.05, 4.69) is 15.2 Å². The van der Waals surface area contributed by atoms with Crippen LogP contribution in [-0.4, -0.2) is 39.6 Å². The van der Waals surface area contributed by atoms with Crippen LogP contribution >= 0.6 is 0 Å². The number of H-pyrrole nitrogens is 1. The highest BCUT2D eigenvalue weighted by Gasteiger charge is 2.11. The summed E-state index contributed by atoms with van der Waals surface area (Å²) >= 11 is 0. The summed E-state index contributed by atoms with van der Waals surface area (Å²) < 4.78 is 13.3. The number of unbranched alkanes of at least 4 members (excludes halogenated alkanes) is 2. The summed E-state index contributed by atoms with van der Waals surface area (Å²) in [5.41, 5.74) is 4.09. The van der Waals surface area contributed by atoms with E-state index in [1.807, 2.05) is 38.2 Å². The lowest BCUT2D eigenvalue weighted by molar-refractivity contribution is 0.0792. The van der Waals surface area contributed by atoms with E-state index in [9.17, 15) is 9.18 Å². The lowest BCUT2D eigenvalue weighted by Gasteiger charge is -2.17. The molecule has 1 N–H and O–H groups in total. The number of rotatable bonds is 8. The van der Waals surface area contributed by atoms with Gasteiger partial charge in [0.2, 0.25) is 0 Å². The molecule has 0 spiro atoms. The monoisotopic (exact) mass is 380 g/mol. The maximum Gasteiger partial charge on any atom is 0.255 e. The van der Waals surface area contributed by atoms with E-state index in [4.69, 9.17) is 0 Å². The van der Waals surface area contributed by atoms with Gasteiger partial charge >= 0.3 is 0 Å². The predicted octanol–water partition coefficient (Wildman–Crippen LogP) is 4.40. The normalized spacial score (nSPS) is 10.8. The fourth-order valence-electron chi connectivity index (χ4n) is 3.04. The number of benzene rings is 1. The molecule has 0 aliphatic carbocycles. The molecule has 0 bridgehead atoms. The molecule has 3 rings (SSSR count). The number of amides is 1. The minimum absolute atomic E-state index is 0.000744. The summed E-state index contributed by atoms with van der Waals surface area (Å²) in [6, 6.07) is 12.1. The first-order chi connectivity index (χ1) is 13.5. The minimum Gasteiger partial charge on any atom is -0.342 e. The summed E-state index contributed by atoms with van der Waals surface area (Å²) in [4.78, 5) is 18.3. The molecule has 0 saturated heterocycles. The Bertz CT molecular complexity index is 920. The number of carbonyl (C=O) groups excluding carboxylic acids is 1. The predicted molar refractivity (Wildman–Crippen MR) is 107 cm³/mol. The zero-order valence-corrected chi connectivity index (χ0v) is 16.3. The third-order valence-electron chi connectivity index (χ3n) is 4.70. The van der Waals surface area contributed by atoms with Gasteiger partial charge in [-0.3, -0.25) is 14.9 Å². The van der Waals surface area contributed by atoms with Gasteiger partial charge in [0.15, 0.2) is 0 Å². The van der Waals surface area contributed by atoms with Gasteiger partial charge in [0.05, 0.1) is 11.3 Å². The van der Waals surface area contributed by atoms with Crippen molar-refractivity contribution in [1.82, 2.24) is 20.1 Å². The smallest absolute Gasteiger partial charge is 0.255 e. The van der Waals surface area contributed by atoms with Crippen LogP contribution < -0.4 is 0 Å². The second-order valence-electron chi connectivity index (χ2n) is 7.01. The molecule has 0 fully saturated rings. The van der Waals surface area contributed by atoms with Gasteiger partial charge < -0.3 is 4.90 Å². The van der Waals surface area contributed by atoms with Crippen LogP contribution in [0.25, 0.3) is 11.3 Å². The number of carbonyl (C=O) groups is 1. The average Bonchev–Trinajstić information content (AvgIpc) is 3.16. The second kappa shape index (κ2) is 9.26. The summed E-state index contributed by atoms with van der Waals surface area (Å²) in [5.74, 6) is -0.261. The number of hydrogen-bond donors (Lipinski definition) is 1. The minimum atomic E-state index is -0.262. The fraction of sp³-hybridized carbons (Fsp3) is 0.318. The first-order valence-corrected chi connectivity index (χ1v) is 9.51. The molecule has 1 amide bonds. The van der Waals surface area contributed by atoms with E-state index < -0.39 is 0 Å². The molecule has 3 aromatic rings. The van der Waals surface area contributed by atoms with Gasteiger partial charge in [-0.05, 0) is 56.5 Å². The van der Waals surface area contributed by atoms with E-state index in [-0.39, 0.29) is 11.7 Å². The Kier molecular flexibility index (Phi) is 6.53. The summed E-state index contributed by atoms with van der Waals surface area (Å²) in [5, 5.41) is 7.29. The first-order valence-electron chi connectivity index (χ1n) is 9.51. The molecule has 146 valence electrons. The Hall–Kier alpha value is -3.02. The zero-order chi connectivity index (χ0) is 19.9. The number of nitrogens with zero attached hydrogens (tertiary/aromatic N) is 3. The number of hydrogen-bond acceptors (Lipinski definition) is 3. The van der Waals surface area contributed by atoms with Crippen molar-refractivity contribution in [2.75, 3.05) is 13.6 Å². The molecule has 0 radical (unpaired) electrons. The molecule has 0 atom stereocenters. The van der Waals surface area contributed by atoms with Gasteiger partial charge in [0.25, 0.3) is 5.91 Å². The number of halogens is 1. The highest BCUT2D eigenvalue weighted by atomic mass is 19.1. The highest BCUT2D eigenvalue weighted by molar-refractivity contribution is 5.93. The zero-order valence-electron chi connectivity index (χ0n) is 16.3. The van der Waals surface area contributed by atoms with Crippen LogP contribution in [0.5, 0.6) is 0 Å². The van der Waals surface area contributed by atoms with Crippen molar-refractivity contribution >= 4 is 5.91 Å². The van der Waals surface area contributed by atoms with Crippen molar-refractivity contribution in [3.8, 4) is 11.3 Å². The molecule has 0 aliphatic heterocycles. The quantitative estimate of drug-likeness (QED) is 0.589. The molecule has 6 heteroatoms. The van der Waals surface area contributed by atoms with E-state index in [0.29, 0.717) is 12.1 Å². The van der Waals surface area contributed by atoms with Crippen molar-refractivity contribution in [3.63, 3.8) is 0 Å². The Morgan fingerprint density at radius 2 is 2.00 bits per heavy atom. The Morgan fingerprint density at radius 3 is 2.75 bits per heavy atom. The fourth-order valence-corrected chi connectivity index (χ4v) is 3.04. The molecule has 0 saturated carbocycles. The van der Waals surface area contributed by atoms with Crippen LogP contribution in [-0.2, 0) is 6.42 Å². The van der Waals surface area contributed by atoms with E-state index >= 15 is 0 Å². The van der Waals surface area contributed by atoms with E-state index in [1.54, 1.807) is 17.2 Å². The SMILES string of the molecule is Cc1ccc(C(=O)N(C)CCCCCc2cc(-c3cccc(F)c3)n[nH]2)cn1. The number of aromatic nitrogens is 3. The van der Waals surface area contributed by atoms with Crippen molar-refractivity contribution < 1.29 is 9.18 Å². The van der Waals surface area contributed by atoms with Gasteiger partial charge in [-0.15, -0.1) is 0 Å². The Labute approximate surface area is 164 Å². The van der Waals surface area contributed by atoms with Crippen molar-refractivity contribution in [2.45, 2.75) is 32.6 Å². The molecule has 0 aliphatic rings. The van der Waals surface area contributed by atoms with Crippen LogP contribution in [0.3, 0.4) is 0 Å². The third kappa shape index (κ3) is 5.25. The van der Waals surface area contributed by atoms with Crippen LogP contribution in [0.1, 0.15) is 41.0 Å². The lowest BCUT2D eigenvalue weighted by atomic mass is 10.1. The molecular weight excluding hydrogens is 355 g/mol. The number of aromatic amines is 1. The lowest BCUT2D eigenvalue weighted by Crippen LogP contribution is -2.27. The topological polar surface area (TPSA) is 61.9 Å². The largest absolute Gasteiger partial charge is 0.342 e. The van der Waals surface area contributed by atoms with Crippen LogP contribution in [0.2, 0.25) is 0 Å². The third-order valence-corrected chi connectivity index (χ3v) is 4.70.